The second kappa shape index (κ2) is 5.75. The summed E-state index contributed by atoms with van der Waals surface area (Å²) in [5, 5.41) is 11.1. The first-order valence-electron chi connectivity index (χ1n) is 6.47. The molecule has 1 saturated heterocycles. The number of non-ortho nitro benzene ring substituents is 1. The molecule has 6 heteroatoms. The molecule has 0 bridgehead atoms. The first-order valence-corrected chi connectivity index (χ1v) is 6.84. The normalized spacial score (nSPS) is 21.2. The molecule has 2 N–H and O–H groups in total. The number of nitro groups is 1. The zero-order valence-corrected chi connectivity index (χ0v) is 11.6. The summed E-state index contributed by atoms with van der Waals surface area (Å²) in [5.41, 5.74) is 6.89. The van der Waals surface area contributed by atoms with Crippen LogP contribution in [0.1, 0.15) is 26.2 Å². The van der Waals surface area contributed by atoms with Crippen molar-refractivity contribution in [2.45, 2.75) is 38.3 Å². The fourth-order valence-electron chi connectivity index (χ4n) is 2.65. The third-order valence-electron chi connectivity index (χ3n) is 3.61. The number of benzene rings is 1. The zero-order chi connectivity index (χ0) is 14.0. The van der Waals surface area contributed by atoms with E-state index in [9.17, 15) is 10.1 Å². The van der Waals surface area contributed by atoms with Crippen molar-refractivity contribution in [1.29, 1.82) is 0 Å². The van der Waals surface area contributed by atoms with E-state index in [0.29, 0.717) is 5.02 Å². The summed E-state index contributed by atoms with van der Waals surface area (Å²) in [6, 6.07) is 4.91. The molecule has 1 aromatic carbocycles. The van der Waals surface area contributed by atoms with Gasteiger partial charge in [-0.15, -0.1) is 0 Å². The number of hydrogen-bond acceptors (Lipinski definition) is 4. The zero-order valence-electron chi connectivity index (χ0n) is 10.9. The fourth-order valence-corrected chi connectivity index (χ4v) is 2.93. The predicted octanol–water partition coefficient (Wildman–Crippen LogP) is 2.95. The summed E-state index contributed by atoms with van der Waals surface area (Å²) in [6.45, 7) is 2.88. The van der Waals surface area contributed by atoms with Crippen molar-refractivity contribution in [1.82, 2.24) is 0 Å². The van der Waals surface area contributed by atoms with Gasteiger partial charge in [0.25, 0.3) is 5.69 Å². The van der Waals surface area contributed by atoms with Gasteiger partial charge in [0.05, 0.1) is 15.6 Å². The number of anilines is 1. The van der Waals surface area contributed by atoms with Crippen LogP contribution >= 0.6 is 11.6 Å². The fraction of sp³-hybridized carbons (Fsp3) is 0.538. The number of nitro benzene ring substituents is 1. The van der Waals surface area contributed by atoms with Gasteiger partial charge in [0, 0.05) is 30.8 Å². The molecule has 5 nitrogen and oxygen atoms in total. The average Bonchev–Trinajstić information content (AvgIpc) is 2.38. The SMILES string of the molecule is CC(N)C1CCCCN1c1ccc([N+](=O)[O-])cc1Cl. The Hall–Kier alpha value is -1.33. The summed E-state index contributed by atoms with van der Waals surface area (Å²) >= 11 is 6.19. The molecule has 0 radical (unpaired) electrons. The van der Waals surface area contributed by atoms with Gasteiger partial charge in [-0.1, -0.05) is 11.6 Å². The molecular weight excluding hydrogens is 266 g/mol. The van der Waals surface area contributed by atoms with Gasteiger partial charge >= 0.3 is 0 Å². The monoisotopic (exact) mass is 283 g/mol. The van der Waals surface area contributed by atoms with Crippen molar-refractivity contribution in [3.8, 4) is 0 Å². The van der Waals surface area contributed by atoms with Crippen LogP contribution in [0.25, 0.3) is 0 Å². The minimum absolute atomic E-state index is 0.0168. The first kappa shape index (κ1) is 14.1. The molecule has 0 aliphatic carbocycles. The maximum atomic E-state index is 10.7. The van der Waals surface area contributed by atoms with Gasteiger partial charge < -0.3 is 10.6 Å². The maximum absolute atomic E-state index is 10.7. The number of halogens is 1. The number of piperidine rings is 1. The van der Waals surface area contributed by atoms with Crippen molar-refractivity contribution in [2.75, 3.05) is 11.4 Å². The van der Waals surface area contributed by atoms with Gasteiger partial charge in [-0.3, -0.25) is 10.1 Å². The predicted molar refractivity (Wildman–Crippen MR) is 76.7 cm³/mol. The number of hydrogen-bond donors (Lipinski definition) is 1. The van der Waals surface area contributed by atoms with Gasteiger partial charge in [0.15, 0.2) is 0 Å². The summed E-state index contributed by atoms with van der Waals surface area (Å²) in [7, 11) is 0. The first-order chi connectivity index (χ1) is 9.00. The van der Waals surface area contributed by atoms with Crippen LogP contribution in [0.4, 0.5) is 11.4 Å². The molecule has 1 heterocycles. The van der Waals surface area contributed by atoms with Crippen molar-refractivity contribution in [2.24, 2.45) is 5.73 Å². The van der Waals surface area contributed by atoms with E-state index in [1.807, 2.05) is 6.92 Å². The topological polar surface area (TPSA) is 72.4 Å². The Morgan fingerprint density at radius 1 is 1.53 bits per heavy atom. The highest BCUT2D eigenvalue weighted by molar-refractivity contribution is 6.33. The maximum Gasteiger partial charge on any atom is 0.271 e. The number of nitrogens with zero attached hydrogens (tertiary/aromatic N) is 2. The second-order valence-corrected chi connectivity index (χ2v) is 5.42. The van der Waals surface area contributed by atoms with Gasteiger partial charge in [0.2, 0.25) is 0 Å². The van der Waals surface area contributed by atoms with Gasteiger partial charge in [-0.2, -0.15) is 0 Å². The molecule has 0 amide bonds. The largest absolute Gasteiger partial charge is 0.366 e. The third kappa shape index (κ3) is 2.98. The van der Waals surface area contributed by atoms with Crippen LogP contribution < -0.4 is 10.6 Å². The van der Waals surface area contributed by atoms with Crippen LogP contribution in [-0.2, 0) is 0 Å². The molecule has 0 saturated carbocycles. The lowest BCUT2D eigenvalue weighted by molar-refractivity contribution is -0.384. The minimum atomic E-state index is -0.436. The molecule has 104 valence electrons. The lowest BCUT2D eigenvalue weighted by atomic mass is 9.96. The standard InChI is InChI=1S/C13H18ClN3O2/c1-9(15)12-4-2-3-7-16(12)13-6-5-10(17(18)19)8-11(13)14/h5-6,8-9,12H,2-4,7,15H2,1H3. The minimum Gasteiger partial charge on any atom is -0.366 e. The smallest absolute Gasteiger partial charge is 0.271 e. The van der Waals surface area contributed by atoms with Crippen LogP contribution in [0.5, 0.6) is 0 Å². The average molecular weight is 284 g/mol. The van der Waals surface area contributed by atoms with Crippen LogP contribution in [-0.4, -0.2) is 23.6 Å². The molecule has 1 aromatic rings. The summed E-state index contributed by atoms with van der Waals surface area (Å²) in [5.74, 6) is 0. The van der Waals surface area contributed by atoms with Crippen LogP contribution in [0, 0.1) is 10.1 Å². The molecule has 1 fully saturated rings. The van der Waals surface area contributed by atoms with Crippen molar-refractivity contribution in [3.05, 3.63) is 33.3 Å². The molecule has 0 spiro atoms. The van der Waals surface area contributed by atoms with Crippen molar-refractivity contribution >= 4 is 23.0 Å². The van der Waals surface area contributed by atoms with E-state index in [0.717, 1.165) is 31.5 Å². The number of nitrogens with two attached hydrogens (primary N) is 1. The lowest BCUT2D eigenvalue weighted by Crippen LogP contribution is -2.49. The van der Waals surface area contributed by atoms with Crippen LogP contribution in [0.2, 0.25) is 5.02 Å². The molecular formula is C13H18ClN3O2. The van der Waals surface area contributed by atoms with Crippen LogP contribution in [0.15, 0.2) is 18.2 Å². The van der Waals surface area contributed by atoms with E-state index in [-0.39, 0.29) is 17.8 Å². The quantitative estimate of drug-likeness (QED) is 0.684. The van der Waals surface area contributed by atoms with Gasteiger partial charge in [0.1, 0.15) is 0 Å². The van der Waals surface area contributed by atoms with E-state index in [4.69, 9.17) is 17.3 Å². The summed E-state index contributed by atoms with van der Waals surface area (Å²) < 4.78 is 0. The lowest BCUT2D eigenvalue weighted by Gasteiger charge is -2.40. The Labute approximate surface area is 117 Å². The highest BCUT2D eigenvalue weighted by Crippen LogP contribution is 2.34. The number of rotatable bonds is 3. The summed E-state index contributed by atoms with van der Waals surface area (Å²) in [6.07, 6.45) is 3.29. The second-order valence-electron chi connectivity index (χ2n) is 5.01. The Morgan fingerprint density at radius 3 is 2.84 bits per heavy atom. The van der Waals surface area contributed by atoms with E-state index < -0.39 is 4.92 Å². The van der Waals surface area contributed by atoms with Gasteiger partial charge in [-0.05, 0) is 32.3 Å². The molecule has 2 rings (SSSR count). The highest BCUT2D eigenvalue weighted by atomic mass is 35.5. The van der Waals surface area contributed by atoms with Crippen molar-refractivity contribution in [3.63, 3.8) is 0 Å². The molecule has 1 aliphatic rings. The molecule has 2 unspecified atom stereocenters. The Morgan fingerprint density at radius 2 is 2.26 bits per heavy atom. The Kier molecular flexibility index (Phi) is 4.27. The summed E-state index contributed by atoms with van der Waals surface area (Å²) in [4.78, 5) is 12.5. The van der Waals surface area contributed by atoms with E-state index in [1.165, 1.54) is 12.1 Å². The van der Waals surface area contributed by atoms with Crippen LogP contribution in [0.3, 0.4) is 0 Å². The molecule has 0 aromatic heterocycles. The van der Waals surface area contributed by atoms with E-state index in [2.05, 4.69) is 4.90 Å². The Balaban J connectivity index is 2.31. The van der Waals surface area contributed by atoms with Crippen molar-refractivity contribution < 1.29 is 4.92 Å². The highest BCUT2D eigenvalue weighted by Gasteiger charge is 2.27. The van der Waals surface area contributed by atoms with E-state index in [1.54, 1.807) is 6.07 Å². The van der Waals surface area contributed by atoms with Gasteiger partial charge in [-0.25, -0.2) is 0 Å². The Bertz CT molecular complexity index is 479. The molecule has 19 heavy (non-hydrogen) atoms. The molecule has 2 atom stereocenters. The molecule has 1 aliphatic heterocycles. The third-order valence-corrected chi connectivity index (χ3v) is 3.91. The van der Waals surface area contributed by atoms with E-state index >= 15 is 0 Å².